The Balaban J connectivity index is 2.08. The minimum atomic E-state index is 0.715. The van der Waals surface area contributed by atoms with Crippen LogP contribution in [0.5, 0.6) is 0 Å². The SMILES string of the molecule is Cc1c(N)cnc(N(C)CCc2ccccc2)c1Br. The van der Waals surface area contributed by atoms with Crippen LogP contribution in [0.3, 0.4) is 0 Å². The molecule has 3 nitrogen and oxygen atoms in total. The number of nitrogens with two attached hydrogens (primary N) is 1. The third-order valence-electron chi connectivity index (χ3n) is 3.22. The largest absolute Gasteiger partial charge is 0.397 e. The molecule has 19 heavy (non-hydrogen) atoms. The maximum Gasteiger partial charge on any atom is 0.143 e. The van der Waals surface area contributed by atoms with Gasteiger partial charge in [-0.1, -0.05) is 30.3 Å². The summed E-state index contributed by atoms with van der Waals surface area (Å²) in [7, 11) is 2.05. The highest BCUT2D eigenvalue weighted by Gasteiger charge is 2.11. The third-order valence-corrected chi connectivity index (χ3v) is 4.17. The summed E-state index contributed by atoms with van der Waals surface area (Å²) < 4.78 is 0.975. The Kier molecular flexibility index (Phi) is 4.43. The number of hydrogen-bond acceptors (Lipinski definition) is 3. The van der Waals surface area contributed by atoms with E-state index in [2.05, 4.69) is 50.1 Å². The van der Waals surface area contributed by atoms with Gasteiger partial charge in [-0.3, -0.25) is 0 Å². The van der Waals surface area contributed by atoms with Gasteiger partial charge in [0.1, 0.15) is 5.82 Å². The molecule has 0 atom stereocenters. The fourth-order valence-corrected chi connectivity index (χ4v) is 2.53. The first-order valence-corrected chi connectivity index (χ1v) is 7.04. The van der Waals surface area contributed by atoms with Crippen molar-refractivity contribution in [3.63, 3.8) is 0 Å². The fraction of sp³-hybridized carbons (Fsp3) is 0.267. The molecule has 2 aromatic rings. The fourth-order valence-electron chi connectivity index (χ4n) is 1.89. The lowest BCUT2D eigenvalue weighted by Gasteiger charge is -2.21. The van der Waals surface area contributed by atoms with Crippen LogP contribution in [-0.2, 0) is 6.42 Å². The quantitative estimate of drug-likeness (QED) is 0.939. The Morgan fingerprint density at radius 1 is 1.26 bits per heavy atom. The van der Waals surface area contributed by atoms with Crippen molar-refractivity contribution in [1.82, 2.24) is 4.98 Å². The first kappa shape index (κ1) is 13.9. The van der Waals surface area contributed by atoms with E-state index in [1.54, 1.807) is 6.20 Å². The molecule has 0 aliphatic carbocycles. The second kappa shape index (κ2) is 6.06. The van der Waals surface area contributed by atoms with Gasteiger partial charge in [-0.25, -0.2) is 4.98 Å². The maximum atomic E-state index is 5.84. The van der Waals surface area contributed by atoms with Gasteiger partial charge in [0.2, 0.25) is 0 Å². The van der Waals surface area contributed by atoms with E-state index in [-0.39, 0.29) is 0 Å². The van der Waals surface area contributed by atoms with Crippen molar-refractivity contribution < 1.29 is 0 Å². The lowest BCUT2D eigenvalue weighted by molar-refractivity contribution is 0.856. The molecular formula is C15H18BrN3. The van der Waals surface area contributed by atoms with Gasteiger partial charge in [-0.15, -0.1) is 0 Å². The second-order valence-electron chi connectivity index (χ2n) is 4.63. The van der Waals surface area contributed by atoms with Crippen LogP contribution in [0.4, 0.5) is 11.5 Å². The standard InChI is InChI=1S/C15H18BrN3/c1-11-13(17)10-18-15(14(11)16)19(2)9-8-12-6-4-3-5-7-12/h3-7,10H,8-9,17H2,1-2H3. The predicted molar refractivity (Wildman–Crippen MR) is 84.5 cm³/mol. The molecule has 0 saturated heterocycles. The smallest absolute Gasteiger partial charge is 0.143 e. The molecule has 2 rings (SSSR count). The van der Waals surface area contributed by atoms with Crippen LogP contribution in [0, 0.1) is 6.92 Å². The summed E-state index contributed by atoms with van der Waals surface area (Å²) in [5.41, 5.74) is 8.93. The van der Waals surface area contributed by atoms with Crippen LogP contribution in [-0.4, -0.2) is 18.6 Å². The highest BCUT2D eigenvalue weighted by Crippen LogP contribution is 2.29. The summed E-state index contributed by atoms with van der Waals surface area (Å²) in [6, 6.07) is 10.5. The van der Waals surface area contributed by atoms with Gasteiger partial charge >= 0.3 is 0 Å². The van der Waals surface area contributed by atoms with E-state index in [9.17, 15) is 0 Å². The van der Waals surface area contributed by atoms with E-state index >= 15 is 0 Å². The Bertz CT molecular complexity index is 555. The number of likely N-dealkylation sites (N-methyl/N-ethyl adjacent to an activating group) is 1. The number of nitrogen functional groups attached to an aromatic ring is 1. The van der Waals surface area contributed by atoms with Gasteiger partial charge < -0.3 is 10.6 Å². The number of nitrogens with zero attached hydrogens (tertiary/aromatic N) is 2. The lowest BCUT2D eigenvalue weighted by atomic mass is 10.1. The van der Waals surface area contributed by atoms with Crippen molar-refractivity contribution >= 4 is 27.4 Å². The van der Waals surface area contributed by atoms with Crippen molar-refractivity contribution in [2.24, 2.45) is 0 Å². The van der Waals surface area contributed by atoms with Gasteiger partial charge in [0.25, 0.3) is 0 Å². The highest BCUT2D eigenvalue weighted by atomic mass is 79.9. The minimum Gasteiger partial charge on any atom is -0.397 e. The van der Waals surface area contributed by atoms with Gasteiger partial charge in [0.05, 0.1) is 16.4 Å². The third kappa shape index (κ3) is 3.26. The van der Waals surface area contributed by atoms with Crippen LogP contribution in [0.1, 0.15) is 11.1 Å². The van der Waals surface area contributed by atoms with E-state index < -0.39 is 0 Å². The Labute approximate surface area is 122 Å². The molecule has 0 aliphatic rings. The summed E-state index contributed by atoms with van der Waals surface area (Å²) in [6.07, 6.45) is 2.71. The Morgan fingerprint density at radius 2 is 1.95 bits per heavy atom. The van der Waals surface area contributed by atoms with Crippen molar-refractivity contribution in [3.05, 3.63) is 52.1 Å². The zero-order valence-corrected chi connectivity index (χ0v) is 12.8. The molecule has 0 radical (unpaired) electrons. The van der Waals surface area contributed by atoms with E-state index in [1.165, 1.54) is 5.56 Å². The molecular weight excluding hydrogens is 302 g/mol. The number of anilines is 2. The molecule has 1 aromatic heterocycles. The van der Waals surface area contributed by atoms with Crippen LogP contribution < -0.4 is 10.6 Å². The number of rotatable bonds is 4. The molecule has 0 unspecified atom stereocenters. The monoisotopic (exact) mass is 319 g/mol. The topological polar surface area (TPSA) is 42.1 Å². The normalized spacial score (nSPS) is 10.5. The van der Waals surface area contributed by atoms with Gasteiger partial charge in [0, 0.05) is 13.6 Å². The van der Waals surface area contributed by atoms with Crippen LogP contribution in [0.25, 0.3) is 0 Å². The molecule has 2 N–H and O–H groups in total. The summed E-state index contributed by atoms with van der Waals surface area (Å²) in [5, 5.41) is 0. The van der Waals surface area contributed by atoms with E-state index in [0.717, 1.165) is 28.8 Å². The lowest BCUT2D eigenvalue weighted by Crippen LogP contribution is -2.22. The van der Waals surface area contributed by atoms with Crippen LogP contribution in [0.2, 0.25) is 0 Å². The summed E-state index contributed by atoms with van der Waals surface area (Å²) >= 11 is 3.57. The molecule has 0 spiro atoms. The van der Waals surface area contributed by atoms with Crippen LogP contribution >= 0.6 is 15.9 Å². The number of halogens is 1. The molecule has 0 bridgehead atoms. The molecule has 1 aromatic carbocycles. The zero-order chi connectivity index (χ0) is 13.8. The van der Waals surface area contributed by atoms with E-state index in [0.29, 0.717) is 5.69 Å². The average molecular weight is 320 g/mol. The first-order chi connectivity index (χ1) is 9.09. The molecule has 0 aliphatic heterocycles. The van der Waals surface area contributed by atoms with Crippen molar-refractivity contribution in [2.45, 2.75) is 13.3 Å². The van der Waals surface area contributed by atoms with Gasteiger partial charge in [-0.2, -0.15) is 0 Å². The number of aromatic nitrogens is 1. The zero-order valence-electron chi connectivity index (χ0n) is 11.2. The molecule has 4 heteroatoms. The summed E-state index contributed by atoms with van der Waals surface area (Å²) in [5.74, 6) is 0.933. The Morgan fingerprint density at radius 3 is 2.63 bits per heavy atom. The summed E-state index contributed by atoms with van der Waals surface area (Å²) in [4.78, 5) is 6.55. The van der Waals surface area contributed by atoms with Crippen molar-refractivity contribution in [1.29, 1.82) is 0 Å². The molecule has 0 fully saturated rings. The molecule has 0 amide bonds. The summed E-state index contributed by atoms with van der Waals surface area (Å²) in [6.45, 7) is 2.91. The molecule has 0 saturated carbocycles. The predicted octanol–water partition coefficient (Wildman–Crippen LogP) is 3.41. The Hall–Kier alpha value is -1.55. The first-order valence-electron chi connectivity index (χ1n) is 6.25. The van der Waals surface area contributed by atoms with Gasteiger partial charge in [0.15, 0.2) is 0 Å². The van der Waals surface area contributed by atoms with Crippen LogP contribution in [0.15, 0.2) is 41.0 Å². The highest BCUT2D eigenvalue weighted by molar-refractivity contribution is 9.10. The second-order valence-corrected chi connectivity index (χ2v) is 5.43. The van der Waals surface area contributed by atoms with Crippen molar-refractivity contribution in [2.75, 3.05) is 24.2 Å². The molecule has 100 valence electrons. The number of hydrogen-bond donors (Lipinski definition) is 1. The minimum absolute atomic E-state index is 0.715. The van der Waals surface area contributed by atoms with Gasteiger partial charge in [-0.05, 0) is 40.4 Å². The number of pyridine rings is 1. The maximum absolute atomic E-state index is 5.84. The average Bonchev–Trinajstić information content (AvgIpc) is 2.43. The number of benzene rings is 1. The van der Waals surface area contributed by atoms with E-state index in [4.69, 9.17) is 5.73 Å². The van der Waals surface area contributed by atoms with Crippen molar-refractivity contribution in [3.8, 4) is 0 Å². The molecule has 1 heterocycles. The van der Waals surface area contributed by atoms with E-state index in [1.807, 2.05) is 20.0 Å².